The molecule has 0 N–H and O–H groups in total. The number of thiazole rings is 1. The Kier molecular flexibility index (Phi) is 7.29. The topological polar surface area (TPSA) is 60.2 Å². The lowest BCUT2D eigenvalue weighted by Crippen LogP contribution is -2.40. The molecule has 0 bridgehead atoms. The predicted molar refractivity (Wildman–Crippen MR) is 143 cm³/mol. The molecule has 5 rings (SSSR count). The van der Waals surface area contributed by atoms with Gasteiger partial charge in [0.1, 0.15) is 15.5 Å². The zero-order valence-electron chi connectivity index (χ0n) is 20.0. The third-order valence-electron chi connectivity index (χ3n) is 6.65. The van der Waals surface area contributed by atoms with Gasteiger partial charge in [0, 0.05) is 42.9 Å². The third-order valence-corrected chi connectivity index (χ3v) is 7.98. The fraction of sp³-hybridized carbons (Fsp3) is 0.370. The molecule has 2 aromatic heterocycles. The molecule has 1 fully saturated rings. The van der Waals surface area contributed by atoms with E-state index in [1.54, 1.807) is 7.11 Å². The van der Waals surface area contributed by atoms with Gasteiger partial charge < -0.3 is 9.64 Å². The Bertz CT molecular complexity index is 1380. The number of aromatic nitrogens is 3. The average Bonchev–Trinajstić information content (AvgIpc) is 3.30. The lowest BCUT2D eigenvalue weighted by molar-refractivity contribution is 0.109. The van der Waals surface area contributed by atoms with Gasteiger partial charge in [-0.15, -0.1) is 11.3 Å². The number of benzene rings is 2. The summed E-state index contributed by atoms with van der Waals surface area (Å²) in [6.45, 7) is 6.38. The maximum atomic E-state index is 13.9. The van der Waals surface area contributed by atoms with E-state index in [9.17, 15) is 4.79 Å². The molecular formula is C27H29ClN4O2S. The fourth-order valence-electron chi connectivity index (χ4n) is 4.80. The van der Waals surface area contributed by atoms with Crippen LogP contribution in [0, 0.1) is 12.8 Å². The van der Waals surface area contributed by atoms with Crippen LogP contribution in [0.1, 0.15) is 18.4 Å². The Hall–Kier alpha value is -2.58. The first-order valence-electron chi connectivity index (χ1n) is 12.0. The number of ether oxygens (including phenoxy) is 1. The molecule has 35 heavy (non-hydrogen) atoms. The summed E-state index contributed by atoms with van der Waals surface area (Å²) in [6, 6.07) is 15.6. The maximum Gasteiger partial charge on any atom is 0.273 e. The van der Waals surface area contributed by atoms with Crippen molar-refractivity contribution in [3.8, 4) is 22.0 Å². The summed E-state index contributed by atoms with van der Waals surface area (Å²) in [6.07, 6.45) is 2.22. The second kappa shape index (κ2) is 10.6. The van der Waals surface area contributed by atoms with Gasteiger partial charge in [-0.1, -0.05) is 48.0 Å². The molecule has 0 aliphatic carbocycles. The van der Waals surface area contributed by atoms with Gasteiger partial charge >= 0.3 is 0 Å². The number of piperidine rings is 1. The highest BCUT2D eigenvalue weighted by molar-refractivity contribution is 7.21. The van der Waals surface area contributed by atoms with Gasteiger partial charge in [-0.25, -0.2) is 9.97 Å². The molecule has 1 saturated heterocycles. The fourth-order valence-corrected chi connectivity index (χ4v) is 5.89. The Morgan fingerprint density at radius 1 is 1.14 bits per heavy atom. The first kappa shape index (κ1) is 24.1. The van der Waals surface area contributed by atoms with Crippen molar-refractivity contribution < 1.29 is 4.74 Å². The van der Waals surface area contributed by atoms with Crippen LogP contribution in [0.3, 0.4) is 0 Å². The minimum absolute atomic E-state index is 0.0139. The van der Waals surface area contributed by atoms with Crippen molar-refractivity contribution in [1.29, 1.82) is 0 Å². The zero-order valence-corrected chi connectivity index (χ0v) is 21.6. The smallest absolute Gasteiger partial charge is 0.273 e. The minimum Gasteiger partial charge on any atom is -0.383 e. The molecule has 0 spiro atoms. The van der Waals surface area contributed by atoms with Crippen LogP contribution in [0.2, 0.25) is 5.02 Å². The molecule has 3 heterocycles. The highest BCUT2D eigenvalue weighted by Gasteiger charge is 2.24. The van der Waals surface area contributed by atoms with E-state index in [1.165, 1.54) is 11.3 Å². The van der Waals surface area contributed by atoms with Gasteiger partial charge in [0.2, 0.25) is 0 Å². The summed E-state index contributed by atoms with van der Waals surface area (Å²) >= 11 is 7.47. The van der Waals surface area contributed by atoms with Crippen LogP contribution in [0.4, 0.5) is 0 Å². The molecule has 0 unspecified atom stereocenters. The molecule has 1 atom stereocenters. The SMILES string of the molecule is COCCN1CCC[C@@H](Cn2c(-c3ccccc3C)nc3nc(-c4ccc(Cl)cc4)sc3c2=O)C1. The highest BCUT2D eigenvalue weighted by Crippen LogP contribution is 2.31. The van der Waals surface area contributed by atoms with Crippen molar-refractivity contribution >= 4 is 33.3 Å². The van der Waals surface area contributed by atoms with E-state index in [2.05, 4.69) is 17.9 Å². The summed E-state index contributed by atoms with van der Waals surface area (Å²) in [4.78, 5) is 26.1. The number of halogens is 1. The molecular weight excluding hydrogens is 480 g/mol. The Morgan fingerprint density at radius 2 is 1.94 bits per heavy atom. The van der Waals surface area contributed by atoms with Crippen molar-refractivity contribution in [3.05, 3.63) is 69.5 Å². The molecule has 0 radical (unpaired) electrons. The lowest BCUT2D eigenvalue weighted by atomic mass is 9.97. The molecule has 0 saturated carbocycles. The quantitative estimate of drug-likeness (QED) is 0.329. The first-order valence-corrected chi connectivity index (χ1v) is 13.2. The zero-order chi connectivity index (χ0) is 24.4. The van der Waals surface area contributed by atoms with Crippen LogP contribution in [-0.2, 0) is 11.3 Å². The molecule has 8 heteroatoms. The van der Waals surface area contributed by atoms with Crippen LogP contribution >= 0.6 is 22.9 Å². The van der Waals surface area contributed by atoms with E-state index in [-0.39, 0.29) is 5.56 Å². The number of hydrogen-bond acceptors (Lipinski definition) is 6. The van der Waals surface area contributed by atoms with E-state index in [1.807, 2.05) is 47.0 Å². The van der Waals surface area contributed by atoms with E-state index in [0.29, 0.717) is 33.7 Å². The van der Waals surface area contributed by atoms with Crippen molar-refractivity contribution in [2.45, 2.75) is 26.3 Å². The monoisotopic (exact) mass is 508 g/mol. The van der Waals surface area contributed by atoms with E-state index in [0.717, 1.165) is 60.8 Å². The minimum atomic E-state index is -0.0139. The number of fused-ring (bicyclic) bond motifs is 1. The molecule has 1 aliphatic rings. The summed E-state index contributed by atoms with van der Waals surface area (Å²) in [5.41, 5.74) is 3.48. The lowest BCUT2D eigenvalue weighted by Gasteiger charge is -2.33. The van der Waals surface area contributed by atoms with Crippen LogP contribution in [-0.4, -0.2) is 52.8 Å². The summed E-state index contributed by atoms with van der Waals surface area (Å²) < 4.78 is 7.77. The van der Waals surface area contributed by atoms with Gasteiger partial charge in [-0.2, -0.15) is 0 Å². The van der Waals surface area contributed by atoms with Crippen LogP contribution in [0.15, 0.2) is 53.3 Å². The second-order valence-corrected chi connectivity index (χ2v) is 10.6. The Balaban J connectivity index is 1.58. The molecule has 4 aromatic rings. The van der Waals surface area contributed by atoms with E-state index in [4.69, 9.17) is 26.3 Å². The van der Waals surface area contributed by atoms with Gasteiger partial charge in [0.15, 0.2) is 5.65 Å². The first-order chi connectivity index (χ1) is 17.0. The third kappa shape index (κ3) is 5.19. The molecule has 6 nitrogen and oxygen atoms in total. The standard InChI is InChI=1S/C27H29ClN4O2S/c1-18-6-3-4-8-22(18)25-29-24-23(35-26(30-24)20-9-11-21(28)12-10-20)27(33)32(25)17-19-7-5-13-31(16-19)14-15-34-2/h3-4,6,8-12,19H,5,7,13-17H2,1-2H3/t19-/m1/s1. The Labute approximate surface area is 214 Å². The number of nitrogens with zero attached hydrogens (tertiary/aromatic N) is 4. The molecule has 0 amide bonds. The number of aryl methyl sites for hydroxylation is 1. The number of likely N-dealkylation sites (tertiary alicyclic amines) is 1. The van der Waals surface area contributed by atoms with Crippen molar-refractivity contribution in [1.82, 2.24) is 19.4 Å². The highest BCUT2D eigenvalue weighted by atomic mass is 35.5. The van der Waals surface area contributed by atoms with Crippen molar-refractivity contribution in [2.75, 3.05) is 33.4 Å². The number of methoxy groups -OCH3 is 1. The molecule has 1 aliphatic heterocycles. The largest absolute Gasteiger partial charge is 0.383 e. The van der Waals surface area contributed by atoms with Crippen molar-refractivity contribution in [3.63, 3.8) is 0 Å². The van der Waals surface area contributed by atoms with Gasteiger partial charge in [-0.05, 0) is 49.9 Å². The van der Waals surface area contributed by atoms with Gasteiger partial charge in [0.05, 0.1) is 6.61 Å². The average molecular weight is 509 g/mol. The number of hydrogen-bond donors (Lipinski definition) is 0. The number of rotatable bonds is 7. The second-order valence-electron chi connectivity index (χ2n) is 9.15. The van der Waals surface area contributed by atoms with Gasteiger partial charge in [0.25, 0.3) is 5.56 Å². The maximum absolute atomic E-state index is 13.9. The summed E-state index contributed by atoms with van der Waals surface area (Å²) in [7, 11) is 1.74. The van der Waals surface area contributed by atoms with Crippen LogP contribution < -0.4 is 5.56 Å². The normalized spacial score (nSPS) is 16.7. The predicted octanol–water partition coefficient (Wildman–Crippen LogP) is 5.51. The van der Waals surface area contributed by atoms with Gasteiger partial charge in [-0.3, -0.25) is 9.36 Å². The molecule has 2 aromatic carbocycles. The molecule has 182 valence electrons. The van der Waals surface area contributed by atoms with Crippen molar-refractivity contribution in [2.24, 2.45) is 5.92 Å². The summed E-state index contributed by atoms with van der Waals surface area (Å²) in [5.74, 6) is 1.08. The van der Waals surface area contributed by atoms with E-state index < -0.39 is 0 Å². The summed E-state index contributed by atoms with van der Waals surface area (Å²) in [5, 5.41) is 1.45. The Morgan fingerprint density at radius 3 is 2.71 bits per heavy atom. The van der Waals surface area contributed by atoms with Crippen LogP contribution in [0.25, 0.3) is 32.3 Å². The van der Waals surface area contributed by atoms with E-state index >= 15 is 0 Å². The van der Waals surface area contributed by atoms with Crippen LogP contribution in [0.5, 0.6) is 0 Å².